The van der Waals surface area contributed by atoms with E-state index < -0.39 is 17.5 Å². The maximum absolute atomic E-state index is 12.1. The zero-order valence-electron chi connectivity index (χ0n) is 13.0. The fourth-order valence-electron chi connectivity index (χ4n) is 1.70. The minimum atomic E-state index is -0.658. The molecule has 21 heavy (non-hydrogen) atoms. The van der Waals surface area contributed by atoms with Gasteiger partial charge in [-0.25, -0.2) is 0 Å². The Morgan fingerprint density at radius 3 is 2.19 bits per heavy atom. The van der Waals surface area contributed by atoms with Gasteiger partial charge in [0.05, 0.1) is 12.6 Å². The molecule has 2 unspecified atom stereocenters. The Hall–Kier alpha value is -1.88. The van der Waals surface area contributed by atoms with Crippen LogP contribution in [0.15, 0.2) is 30.3 Å². The molecule has 1 aromatic carbocycles. The van der Waals surface area contributed by atoms with E-state index in [0.29, 0.717) is 0 Å². The van der Waals surface area contributed by atoms with Crippen molar-refractivity contribution in [2.75, 3.05) is 6.61 Å². The number of hydrogen-bond donors (Lipinski definition) is 3. The zero-order chi connectivity index (χ0) is 16.0. The molecular weight excluding hydrogens is 268 g/mol. The lowest BCUT2D eigenvalue weighted by Gasteiger charge is -2.23. The third-order valence-electron chi connectivity index (χ3n) is 3.12. The fraction of sp³-hybridized carbons (Fsp3) is 0.500. The van der Waals surface area contributed by atoms with Gasteiger partial charge in [-0.1, -0.05) is 51.1 Å². The number of benzene rings is 1. The smallest absolute Gasteiger partial charge is 0.242 e. The number of aliphatic hydroxyl groups is 1. The van der Waals surface area contributed by atoms with E-state index in [4.69, 9.17) is 0 Å². The highest BCUT2D eigenvalue weighted by Crippen LogP contribution is 2.14. The minimum Gasteiger partial charge on any atom is -0.394 e. The highest BCUT2D eigenvalue weighted by atomic mass is 16.3. The predicted octanol–water partition coefficient (Wildman–Crippen LogP) is 1.39. The summed E-state index contributed by atoms with van der Waals surface area (Å²) in [5.41, 5.74) is 0.271. The van der Waals surface area contributed by atoms with Crippen LogP contribution in [0.3, 0.4) is 0 Å². The summed E-state index contributed by atoms with van der Waals surface area (Å²) < 4.78 is 0. The summed E-state index contributed by atoms with van der Waals surface area (Å²) in [4.78, 5) is 24.0. The molecule has 0 aliphatic heterocycles. The van der Waals surface area contributed by atoms with Gasteiger partial charge in [-0.3, -0.25) is 9.59 Å². The van der Waals surface area contributed by atoms with Crippen LogP contribution in [0.4, 0.5) is 0 Å². The second-order valence-corrected chi connectivity index (χ2v) is 6.10. The Kier molecular flexibility index (Phi) is 5.90. The van der Waals surface area contributed by atoms with Gasteiger partial charge in [0.1, 0.15) is 6.04 Å². The first-order chi connectivity index (χ1) is 9.75. The van der Waals surface area contributed by atoms with Gasteiger partial charge in [0.2, 0.25) is 11.8 Å². The number of aliphatic hydroxyl groups excluding tert-OH is 1. The normalized spacial score (nSPS) is 14.1. The summed E-state index contributed by atoms with van der Waals surface area (Å²) in [6, 6.07) is 8.08. The lowest BCUT2D eigenvalue weighted by molar-refractivity contribution is -0.133. The summed E-state index contributed by atoms with van der Waals surface area (Å²) in [6.45, 7) is 6.78. The number of rotatable bonds is 5. The van der Waals surface area contributed by atoms with Crippen molar-refractivity contribution >= 4 is 11.8 Å². The van der Waals surface area contributed by atoms with E-state index in [1.165, 1.54) is 0 Å². The molecule has 5 nitrogen and oxygen atoms in total. The summed E-state index contributed by atoms with van der Waals surface area (Å²) in [7, 11) is 0. The maximum atomic E-state index is 12.1. The third-order valence-corrected chi connectivity index (χ3v) is 3.12. The highest BCUT2D eigenvalue weighted by Gasteiger charge is 2.26. The molecule has 0 aromatic heterocycles. The largest absolute Gasteiger partial charge is 0.394 e. The molecule has 0 fully saturated rings. The SMILES string of the molecule is CC(NC(=O)C(C)(C)C)C(=O)NC(CO)c1ccccc1. The molecule has 2 amide bonds. The van der Waals surface area contributed by atoms with E-state index in [1.54, 1.807) is 27.7 Å². The molecule has 0 heterocycles. The van der Waals surface area contributed by atoms with Crippen molar-refractivity contribution in [3.05, 3.63) is 35.9 Å². The molecule has 0 spiro atoms. The van der Waals surface area contributed by atoms with Crippen LogP contribution in [-0.4, -0.2) is 29.6 Å². The quantitative estimate of drug-likeness (QED) is 0.767. The Bertz CT molecular complexity index is 480. The Labute approximate surface area is 125 Å². The highest BCUT2D eigenvalue weighted by molar-refractivity contribution is 5.89. The number of carbonyl (C=O) groups excluding carboxylic acids is 2. The first kappa shape index (κ1) is 17.2. The van der Waals surface area contributed by atoms with E-state index in [9.17, 15) is 14.7 Å². The molecule has 0 aliphatic rings. The first-order valence-electron chi connectivity index (χ1n) is 7.03. The van der Waals surface area contributed by atoms with Crippen LogP contribution in [0.1, 0.15) is 39.3 Å². The van der Waals surface area contributed by atoms with Crippen molar-refractivity contribution in [2.45, 2.75) is 39.8 Å². The molecule has 2 atom stereocenters. The standard InChI is InChI=1S/C16H24N2O3/c1-11(17-15(21)16(2,3)4)14(20)18-13(10-19)12-8-6-5-7-9-12/h5-9,11,13,19H,10H2,1-4H3,(H,17,21)(H,18,20). The molecule has 3 N–H and O–H groups in total. The van der Waals surface area contributed by atoms with Gasteiger partial charge in [-0.2, -0.15) is 0 Å². The van der Waals surface area contributed by atoms with Crippen LogP contribution < -0.4 is 10.6 Å². The van der Waals surface area contributed by atoms with Gasteiger partial charge in [0, 0.05) is 5.41 Å². The predicted molar refractivity (Wildman–Crippen MR) is 81.5 cm³/mol. The van der Waals surface area contributed by atoms with Crippen molar-refractivity contribution in [3.8, 4) is 0 Å². The average molecular weight is 292 g/mol. The molecular formula is C16H24N2O3. The van der Waals surface area contributed by atoms with Crippen molar-refractivity contribution in [3.63, 3.8) is 0 Å². The molecule has 1 rings (SSSR count). The summed E-state index contributed by atoms with van der Waals surface area (Å²) in [5, 5.41) is 14.8. The van der Waals surface area contributed by atoms with Crippen molar-refractivity contribution in [1.82, 2.24) is 10.6 Å². The van der Waals surface area contributed by atoms with Crippen LogP contribution >= 0.6 is 0 Å². The topological polar surface area (TPSA) is 78.4 Å². The maximum Gasteiger partial charge on any atom is 0.242 e. The molecule has 0 aliphatic carbocycles. The first-order valence-corrected chi connectivity index (χ1v) is 7.03. The number of amides is 2. The summed E-state index contributed by atoms with van der Waals surface area (Å²) in [6.07, 6.45) is 0. The van der Waals surface area contributed by atoms with Crippen LogP contribution in [0.5, 0.6) is 0 Å². The van der Waals surface area contributed by atoms with Gasteiger partial charge >= 0.3 is 0 Å². The molecule has 0 bridgehead atoms. The van der Waals surface area contributed by atoms with Crippen LogP contribution in [0.25, 0.3) is 0 Å². The van der Waals surface area contributed by atoms with E-state index >= 15 is 0 Å². The van der Waals surface area contributed by atoms with Gasteiger partial charge < -0.3 is 15.7 Å². The number of carbonyl (C=O) groups is 2. The van der Waals surface area contributed by atoms with Crippen LogP contribution in [-0.2, 0) is 9.59 Å². The van der Waals surface area contributed by atoms with Crippen molar-refractivity contribution < 1.29 is 14.7 Å². The van der Waals surface area contributed by atoms with Gasteiger partial charge in [-0.05, 0) is 12.5 Å². The lowest BCUT2D eigenvalue weighted by atomic mass is 9.95. The van der Waals surface area contributed by atoms with E-state index in [-0.39, 0.29) is 18.4 Å². The molecule has 0 saturated carbocycles. The Balaban J connectivity index is 2.65. The van der Waals surface area contributed by atoms with E-state index in [0.717, 1.165) is 5.56 Å². The zero-order valence-corrected chi connectivity index (χ0v) is 13.0. The average Bonchev–Trinajstić information content (AvgIpc) is 2.44. The lowest BCUT2D eigenvalue weighted by Crippen LogP contribution is -2.49. The molecule has 0 radical (unpaired) electrons. The van der Waals surface area contributed by atoms with Gasteiger partial charge in [0.25, 0.3) is 0 Å². The Morgan fingerprint density at radius 1 is 1.14 bits per heavy atom. The summed E-state index contributed by atoms with van der Waals surface area (Å²) >= 11 is 0. The van der Waals surface area contributed by atoms with Crippen LogP contribution in [0, 0.1) is 5.41 Å². The Morgan fingerprint density at radius 2 is 1.71 bits per heavy atom. The number of nitrogens with one attached hydrogen (secondary N) is 2. The second-order valence-electron chi connectivity index (χ2n) is 6.10. The monoisotopic (exact) mass is 292 g/mol. The fourth-order valence-corrected chi connectivity index (χ4v) is 1.70. The van der Waals surface area contributed by atoms with Gasteiger partial charge in [-0.15, -0.1) is 0 Å². The summed E-state index contributed by atoms with van der Waals surface area (Å²) in [5.74, 6) is -0.513. The van der Waals surface area contributed by atoms with Gasteiger partial charge in [0.15, 0.2) is 0 Å². The third kappa shape index (κ3) is 5.19. The molecule has 1 aromatic rings. The molecule has 116 valence electrons. The van der Waals surface area contributed by atoms with E-state index in [2.05, 4.69) is 10.6 Å². The molecule has 0 saturated heterocycles. The molecule has 5 heteroatoms. The van der Waals surface area contributed by atoms with Crippen LogP contribution in [0.2, 0.25) is 0 Å². The number of hydrogen-bond acceptors (Lipinski definition) is 3. The minimum absolute atomic E-state index is 0.189. The second kappa shape index (κ2) is 7.22. The van der Waals surface area contributed by atoms with E-state index in [1.807, 2.05) is 30.3 Å². The van der Waals surface area contributed by atoms with Crippen molar-refractivity contribution in [1.29, 1.82) is 0 Å². The van der Waals surface area contributed by atoms with Crippen molar-refractivity contribution in [2.24, 2.45) is 5.41 Å².